The van der Waals surface area contributed by atoms with Crippen molar-refractivity contribution < 1.29 is 8.42 Å². The van der Waals surface area contributed by atoms with Crippen molar-refractivity contribution in [2.24, 2.45) is 5.73 Å². The highest BCUT2D eigenvalue weighted by Crippen LogP contribution is 2.25. The summed E-state index contributed by atoms with van der Waals surface area (Å²) in [5, 5.41) is 0. The van der Waals surface area contributed by atoms with Crippen molar-refractivity contribution in [3.8, 4) is 0 Å². The van der Waals surface area contributed by atoms with Gasteiger partial charge in [-0.05, 0) is 36.5 Å². The van der Waals surface area contributed by atoms with Gasteiger partial charge in [-0.3, -0.25) is 0 Å². The maximum atomic E-state index is 12.0. The van der Waals surface area contributed by atoms with Crippen molar-refractivity contribution in [2.75, 3.05) is 18.1 Å². The van der Waals surface area contributed by atoms with Crippen LogP contribution in [0, 0.1) is 6.92 Å². The van der Waals surface area contributed by atoms with Crippen molar-refractivity contribution >= 4 is 33.1 Å². The molecule has 0 saturated carbocycles. The molecular weight excluding hydrogens is 288 g/mol. The molecule has 104 valence electrons. The molecule has 0 atom stereocenters. The Hall–Kier alpha value is -0.0800. The first kappa shape index (κ1) is 16.0. The van der Waals surface area contributed by atoms with E-state index in [9.17, 15) is 8.42 Å². The monoisotopic (exact) mass is 308 g/mol. The maximum Gasteiger partial charge on any atom is 0.250 e. The third-order valence-electron chi connectivity index (χ3n) is 2.41. The summed E-state index contributed by atoms with van der Waals surface area (Å²) in [4.78, 5) is 0.928. The predicted molar refractivity (Wildman–Crippen MR) is 79.8 cm³/mol. The van der Waals surface area contributed by atoms with Crippen LogP contribution in [0.25, 0.3) is 0 Å². The average Bonchev–Trinajstić information content (AvgIpc) is 2.71. The summed E-state index contributed by atoms with van der Waals surface area (Å²) in [5.41, 5.74) is 6.50. The van der Waals surface area contributed by atoms with Crippen LogP contribution < -0.4 is 10.5 Å². The van der Waals surface area contributed by atoms with Gasteiger partial charge in [0.15, 0.2) is 0 Å². The summed E-state index contributed by atoms with van der Waals surface area (Å²) in [6.07, 6.45) is 0.853. The number of nitrogens with two attached hydrogens (primary N) is 1. The van der Waals surface area contributed by atoms with Crippen molar-refractivity contribution in [1.29, 1.82) is 0 Å². The predicted octanol–water partition coefficient (Wildman–Crippen LogP) is 1.94. The van der Waals surface area contributed by atoms with Gasteiger partial charge in [0.2, 0.25) is 10.0 Å². The van der Waals surface area contributed by atoms with Gasteiger partial charge in [0.1, 0.15) is 4.21 Å². The Morgan fingerprint density at radius 1 is 1.50 bits per heavy atom. The zero-order valence-electron chi connectivity index (χ0n) is 10.7. The second kappa shape index (κ2) is 7.49. The van der Waals surface area contributed by atoms with Crippen LogP contribution in [0.15, 0.2) is 10.3 Å². The molecule has 7 heteroatoms. The smallest absolute Gasteiger partial charge is 0.250 e. The zero-order chi connectivity index (χ0) is 13.6. The highest BCUT2D eigenvalue weighted by Gasteiger charge is 2.17. The van der Waals surface area contributed by atoms with Crippen LogP contribution in [0.1, 0.15) is 23.8 Å². The molecule has 0 bridgehead atoms. The minimum Gasteiger partial charge on any atom is -0.326 e. The Morgan fingerprint density at radius 3 is 2.78 bits per heavy atom. The molecule has 3 N–H and O–H groups in total. The van der Waals surface area contributed by atoms with Gasteiger partial charge in [-0.15, -0.1) is 11.3 Å². The van der Waals surface area contributed by atoms with E-state index in [1.54, 1.807) is 6.07 Å². The fourth-order valence-electron chi connectivity index (χ4n) is 1.42. The molecule has 0 aromatic carbocycles. The van der Waals surface area contributed by atoms with Crippen LogP contribution in [-0.4, -0.2) is 26.5 Å². The van der Waals surface area contributed by atoms with Crippen LogP contribution >= 0.6 is 23.1 Å². The van der Waals surface area contributed by atoms with E-state index in [2.05, 4.69) is 11.6 Å². The standard InChI is InChI=1S/C11H20N2O2S3/c1-3-16-6-4-5-13-18(14,15)11-7-9(2)10(8-12)17-11/h7,13H,3-6,8,12H2,1-2H3. The summed E-state index contributed by atoms with van der Waals surface area (Å²) < 4.78 is 27.0. The van der Waals surface area contributed by atoms with Gasteiger partial charge >= 0.3 is 0 Å². The van der Waals surface area contributed by atoms with Crippen LogP contribution in [0.3, 0.4) is 0 Å². The Bertz CT molecular complexity index is 469. The van der Waals surface area contributed by atoms with E-state index in [1.807, 2.05) is 18.7 Å². The molecule has 0 spiro atoms. The number of aryl methyl sites for hydroxylation is 1. The second-order valence-corrected chi connectivity index (χ2v) is 8.35. The number of thiophene rings is 1. The van der Waals surface area contributed by atoms with E-state index in [-0.39, 0.29) is 0 Å². The lowest BCUT2D eigenvalue weighted by atomic mass is 10.3. The molecule has 18 heavy (non-hydrogen) atoms. The van der Waals surface area contributed by atoms with Crippen LogP contribution in [-0.2, 0) is 16.6 Å². The summed E-state index contributed by atoms with van der Waals surface area (Å²) in [6, 6.07) is 1.69. The van der Waals surface area contributed by atoms with E-state index < -0.39 is 10.0 Å². The summed E-state index contributed by atoms with van der Waals surface area (Å²) >= 11 is 3.07. The number of hydrogen-bond donors (Lipinski definition) is 2. The molecule has 0 saturated heterocycles. The molecule has 1 heterocycles. The largest absolute Gasteiger partial charge is 0.326 e. The number of hydrogen-bond acceptors (Lipinski definition) is 5. The quantitative estimate of drug-likeness (QED) is 0.720. The molecular formula is C11H20N2O2S3. The van der Waals surface area contributed by atoms with Gasteiger partial charge in [-0.25, -0.2) is 13.1 Å². The fourth-order valence-corrected chi connectivity index (χ4v) is 4.64. The van der Waals surface area contributed by atoms with Crippen LogP contribution in [0.2, 0.25) is 0 Å². The van der Waals surface area contributed by atoms with Crippen molar-refractivity contribution in [3.63, 3.8) is 0 Å². The molecule has 1 rings (SSSR count). The molecule has 0 fully saturated rings. The van der Waals surface area contributed by atoms with Crippen molar-refractivity contribution in [1.82, 2.24) is 4.72 Å². The van der Waals surface area contributed by atoms with Gasteiger partial charge in [-0.1, -0.05) is 6.92 Å². The second-order valence-electron chi connectivity index (χ2n) is 3.82. The van der Waals surface area contributed by atoms with Crippen molar-refractivity contribution in [3.05, 3.63) is 16.5 Å². The van der Waals surface area contributed by atoms with Gasteiger partial charge in [0.05, 0.1) is 0 Å². The van der Waals surface area contributed by atoms with Crippen molar-refractivity contribution in [2.45, 2.75) is 31.0 Å². The Labute approximate surface area is 117 Å². The Morgan fingerprint density at radius 2 is 2.22 bits per heavy atom. The average molecular weight is 308 g/mol. The molecule has 0 aliphatic rings. The number of sulfonamides is 1. The summed E-state index contributed by atoms with van der Waals surface area (Å²) in [7, 11) is -3.36. The zero-order valence-corrected chi connectivity index (χ0v) is 13.2. The Balaban J connectivity index is 2.57. The number of nitrogens with one attached hydrogen (secondary N) is 1. The van der Waals surface area contributed by atoms with Gasteiger partial charge in [-0.2, -0.15) is 11.8 Å². The van der Waals surface area contributed by atoms with E-state index >= 15 is 0 Å². The SMILES string of the molecule is CCSCCCNS(=O)(=O)c1cc(C)c(CN)s1. The lowest BCUT2D eigenvalue weighted by Crippen LogP contribution is -2.24. The molecule has 0 amide bonds. The number of rotatable bonds is 8. The van der Waals surface area contributed by atoms with E-state index in [1.165, 1.54) is 11.3 Å². The highest BCUT2D eigenvalue weighted by molar-refractivity contribution is 7.99. The molecule has 0 aliphatic carbocycles. The minimum absolute atomic E-state index is 0.364. The molecule has 0 aliphatic heterocycles. The van der Waals surface area contributed by atoms with Gasteiger partial charge in [0, 0.05) is 18.0 Å². The molecule has 0 radical (unpaired) electrons. The maximum absolute atomic E-state index is 12.0. The molecule has 1 aromatic rings. The summed E-state index contributed by atoms with van der Waals surface area (Å²) in [5.74, 6) is 2.05. The Kier molecular flexibility index (Phi) is 6.65. The van der Waals surface area contributed by atoms with E-state index in [4.69, 9.17) is 5.73 Å². The van der Waals surface area contributed by atoms with E-state index in [0.29, 0.717) is 17.3 Å². The summed E-state index contributed by atoms with van der Waals surface area (Å²) in [6.45, 7) is 4.86. The lowest BCUT2D eigenvalue weighted by molar-refractivity contribution is 0.583. The number of thioether (sulfide) groups is 1. The third kappa shape index (κ3) is 4.55. The van der Waals surface area contributed by atoms with E-state index in [0.717, 1.165) is 28.4 Å². The topological polar surface area (TPSA) is 72.2 Å². The lowest BCUT2D eigenvalue weighted by Gasteiger charge is -2.04. The first-order valence-electron chi connectivity index (χ1n) is 5.88. The highest BCUT2D eigenvalue weighted by atomic mass is 32.2. The normalized spacial score (nSPS) is 11.9. The van der Waals surface area contributed by atoms with Gasteiger partial charge < -0.3 is 5.73 Å². The first-order chi connectivity index (χ1) is 8.51. The first-order valence-corrected chi connectivity index (χ1v) is 9.33. The minimum atomic E-state index is -3.36. The molecule has 4 nitrogen and oxygen atoms in total. The van der Waals surface area contributed by atoms with Crippen LogP contribution in [0.5, 0.6) is 0 Å². The fraction of sp³-hybridized carbons (Fsp3) is 0.636. The third-order valence-corrected chi connectivity index (χ3v) is 6.59. The molecule has 1 aromatic heterocycles. The van der Waals surface area contributed by atoms with Crippen LogP contribution in [0.4, 0.5) is 0 Å². The van der Waals surface area contributed by atoms with Gasteiger partial charge in [0.25, 0.3) is 0 Å². The molecule has 0 unspecified atom stereocenters.